The first-order chi connectivity index (χ1) is 13.0. The van der Waals surface area contributed by atoms with E-state index in [0.717, 1.165) is 31.5 Å². The van der Waals surface area contributed by atoms with Crippen LogP contribution in [-0.2, 0) is 4.79 Å². The van der Waals surface area contributed by atoms with Gasteiger partial charge in [0.15, 0.2) is 0 Å². The Morgan fingerprint density at radius 2 is 1.81 bits per heavy atom. The van der Waals surface area contributed by atoms with Gasteiger partial charge in [-0.3, -0.25) is 9.59 Å². The number of halogens is 1. The van der Waals surface area contributed by atoms with Crippen molar-refractivity contribution in [2.45, 2.75) is 19.8 Å². The molecule has 4 nitrogen and oxygen atoms in total. The number of carbonyl (C=O) groups is 2. The van der Waals surface area contributed by atoms with Crippen molar-refractivity contribution in [3.05, 3.63) is 70.8 Å². The molecule has 1 heterocycles. The number of hydrogen-bond acceptors (Lipinski definition) is 2. The summed E-state index contributed by atoms with van der Waals surface area (Å²) in [5, 5.41) is 3.46. The number of amides is 2. The predicted molar refractivity (Wildman–Crippen MR) is 110 cm³/mol. The molecular weight excluding hydrogens is 360 g/mol. The highest BCUT2D eigenvalue weighted by Gasteiger charge is 2.21. The summed E-state index contributed by atoms with van der Waals surface area (Å²) >= 11 is 5.85. The summed E-state index contributed by atoms with van der Waals surface area (Å²) in [5.41, 5.74) is 2.10. The van der Waals surface area contributed by atoms with Crippen LogP contribution in [0.1, 0.15) is 35.7 Å². The molecule has 2 amide bonds. The van der Waals surface area contributed by atoms with Gasteiger partial charge < -0.3 is 10.2 Å². The molecule has 0 aliphatic carbocycles. The molecule has 0 spiro atoms. The zero-order valence-corrected chi connectivity index (χ0v) is 16.1. The molecule has 1 fully saturated rings. The predicted octanol–water partition coefficient (Wildman–Crippen LogP) is 4.86. The van der Waals surface area contributed by atoms with Gasteiger partial charge in [0, 0.05) is 35.4 Å². The van der Waals surface area contributed by atoms with Gasteiger partial charge in [-0.05, 0) is 60.7 Å². The maximum Gasteiger partial charge on any atom is 0.253 e. The lowest BCUT2D eigenvalue weighted by Gasteiger charge is -2.30. The van der Waals surface area contributed by atoms with Crippen molar-refractivity contribution in [2.24, 2.45) is 5.92 Å². The highest BCUT2D eigenvalue weighted by Crippen LogP contribution is 2.19. The van der Waals surface area contributed by atoms with Crippen LogP contribution in [-0.4, -0.2) is 29.8 Å². The fourth-order valence-electron chi connectivity index (χ4n) is 3.05. The lowest BCUT2D eigenvalue weighted by Crippen LogP contribution is -2.37. The summed E-state index contributed by atoms with van der Waals surface area (Å²) in [6, 6.07) is 14.3. The molecule has 27 heavy (non-hydrogen) atoms. The zero-order valence-electron chi connectivity index (χ0n) is 15.3. The molecule has 3 rings (SSSR count). The van der Waals surface area contributed by atoms with E-state index in [9.17, 15) is 9.59 Å². The van der Waals surface area contributed by atoms with Crippen molar-refractivity contribution >= 4 is 35.2 Å². The van der Waals surface area contributed by atoms with Gasteiger partial charge in [-0.1, -0.05) is 36.7 Å². The summed E-state index contributed by atoms with van der Waals surface area (Å²) in [7, 11) is 0. The second-order valence-corrected chi connectivity index (χ2v) is 7.37. The molecule has 1 saturated heterocycles. The Bertz CT molecular complexity index is 838. The van der Waals surface area contributed by atoms with Crippen molar-refractivity contribution in [1.82, 2.24) is 4.90 Å². The van der Waals surface area contributed by atoms with Crippen molar-refractivity contribution in [3.8, 4) is 0 Å². The molecule has 0 bridgehead atoms. The van der Waals surface area contributed by atoms with E-state index in [1.54, 1.807) is 42.5 Å². The largest absolute Gasteiger partial charge is 0.339 e. The second-order valence-electron chi connectivity index (χ2n) is 6.93. The fourth-order valence-corrected chi connectivity index (χ4v) is 3.18. The van der Waals surface area contributed by atoms with Crippen LogP contribution in [0.25, 0.3) is 6.08 Å². The molecule has 1 aliphatic rings. The van der Waals surface area contributed by atoms with Crippen molar-refractivity contribution in [3.63, 3.8) is 0 Å². The molecule has 2 aromatic carbocycles. The molecule has 0 atom stereocenters. The van der Waals surface area contributed by atoms with Crippen LogP contribution in [0.3, 0.4) is 0 Å². The van der Waals surface area contributed by atoms with Gasteiger partial charge in [0.25, 0.3) is 5.91 Å². The lowest BCUT2D eigenvalue weighted by atomic mass is 9.98. The first kappa shape index (κ1) is 19.2. The highest BCUT2D eigenvalue weighted by atomic mass is 35.5. The van der Waals surface area contributed by atoms with E-state index in [0.29, 0.717) is 22.2 Å². The Morgan fingerprint density at radius 3 is 2.52 bits per heavy atom. The van der Waals surface area contributed by atoms with Crippen LogP contribution < -0.4 is 5.32 Å². The molecule has 0 aromatic heterocycles. The molecule has 2 aromatic rings. The molecule has 140 valence electrons. The number of hydrogen-bond donors (Lipinski definition) is 1. The van der Waals surface area contributed by atoms with E-state index >= 15 is 0 Å². The first-order valence-electron chi connectivity index (χ1n) is 9.15. The summed E-state index contributed by atoms with van der Waals surface area (Å²) in [4.78, 5) is 26.7. The van der Waals surface area contributed by atoms with Crippen molar-refractivity contribution < 1.29 is 9.59 Å². The van der Waals surface area contributed by atoms with Gasteiger partial charge in [-0.15, -0.1) is 0 Å². The highest BCUT2D eigenvalue weighted by molar-refractivity contribution is 6.30. The number of anilines is 1. The second kappa shape index (κ2) is 8.87. The average molecular weight is 383 g/mol. The maximum atomic E-state index is 12.7. The summed E-state index contributed by atoms with van der Waals surface area (Å²) < 4.78 is 0. The summed E-state index contributed by atoms with van der Waals surface area (Å²) in [6.07, 6.45) is 5.26. The molecule has 0 radical (unpaired) electrons. The van der Waals surface area contributed by atoms with Gasteiger partial charge in [-0.25, -0.2) is 0 Å². The topological polar surface area (TPSA) is 49.4 Å². The van der Waals surface area contributed by atoms with E-state index in [2.05, 4.69) is 12.2 Å². The van der Waals surface area contributed by atoms with E-state index in [-0.39, 0.29) is 11.8 Å². The van der Waals surface area contributed by atoms with Crippen LogP contribution in [0, 0.1) is 5.92 Å². The Labute approximate surface area is 164 Å². The third-order valence-electron chi connectivity index (χ3n) is 4.75. The Kier molecular flexibility index (Phi) is 6.30. The van der Waals surface area contributed by atoms with Crippen molar-refractivity contribution in [1.29, 1.82) is 0 Å². The minimum absolute atomic E-state index is 0.0229. The minimum Gasteiger partial charge on any atom is -0.339 e. The number of nitrogens with zero attached hydrogens (tertiary/aromatic N) is 1. The lowest BCUT2D eigenvalue weighted by molar-refractivity contribution is -0.111. The molecular formula is C22H23ClN2O2. The van der Waals surface area contributed by atoms with E-state index in [4.69, 9.17) is 11.6 Å². The van der Waals surface area contributed by atoms with Gasteiger partial charge in [-0.2, -0.15) is 0 Å². The Morgan fingerprint density at radius 1 is 1.11 bits per heavy atom. The molecule has 5 heteroatoms. The van der Waals surface area contributed by atoms with Gasteiger partial charge in [0.2, 0.25) is 5.91 Å². The third-order valence-corrected chi connectivity index (χ3v) is 5.00. The van der Waals surface area contributed by atoms with Gasteiger partial charge >= 0.3 is 0 Å². The Hall–Kier alpha value is -2.59. The number of rotatable bonds is 4. The molecule has 0 saturated carbocycles. The van der Waals surface area contributed by atoms with E-state index < -0.39 is 0 Å². The minimum atomic E-state index is -0.249. The van der Waals surface area contributed by atoms with Crippen LogP contribution in [0.15, 0.2) is 54.6 Å². The SMILES string of the molecule is CC1CCN(C(=O)c2cccc(NC(=O)/C=C/c3ccc(Cl)cc3)c2)CC1. The number of piperidine rings is 1. The standard InChI is InChI=1S/C22H23ClN2O2/c1-16-11-13-25(14-12-16)22(27)18-3-2-4-20(15-18)24-21(26)10-7-17-5-8-19(23)9-6-17/h2-10,15-16H,11-14H2,1H3,(H,24,26)/b10-7+. The molecule has 1 aliphatic heterocycles. The number of carbonyl (C=O) groups excluding carboxylic acids is 2. The monoisotopic (exact) mass is 382 g/mol. The third kappa shape index (κ3) is 5.44. The molecule has 1 N–H and O–H groups in total. The Balaban J connectivity index is 1.62. The number of benzene rings is 2. The van der Waals surface area contributed by atoms with E-state index in [1.165, 1.54) is 6.08 Å². The summed E-state index contributed by atoms with van der Waals surface area (Å²) in [6.45, 7) is 3.80. The van der Waals surface area contributed by atoms with Crippen LogP contribution >= 0.6 is 11.6 Å². The fraction of sp³-hybridized carbons (Fsp3) is 0.273. The van der Waals surface area contributed by atoms with E-state index in [1.807, 2.05) is 17.0 Å². The smallest absolute Gasteiger partial charge is 0.253 e. The van der Waals surface area contributed by atoms with Crippen molar-refractivity contribution in [2.75, 3.05) is 18.4 Å². The van der Waals surface area contributed by atoms with Crippen LogP contribution in [0.2, 0.25) is 5.02 Å². The van der Waals surface area contributed by atoms with Gasteiger partial charge in [0.1, 0.15) is 0 Å². The zero-order chi connectivity index (χ0) is 19.2. The maximum absolute atomic E-state index is 12.7. The summed E-state index contributed by atoms with van der Waals surface area (Å²) in [5.74, 6) is 0.447. The normalized spacial score (nSPS) is 15.1. The first-order valence-corrected chi connectivity index (χ1v) is 9.53. The van der Waals surface area contributed by atoms with Crippen LogP contribution in [0.4, 0.5) is 5.69 Å². The molecule has 0 unspecified atom stereocenters. The van der Waals surface area contributed by atoms with Gasteiger partial charge in [0.05, 0.1) is 0 Å². The number of likely N-dealkylation sites (tertiary alicyclic amines) is 1. The average Bonchev–Trinajstić information content (AvgIpc) is 2.68. The quantitative estimate of drug-likeness (QED) is 0.767. The number of nitrogens with one attached hydrogen (secondary N) is 1. The van der Waals surface area contributed by atoms with Crippen LogP contribution in [0.5, 0.6) is 0 Å².